The van der Waals surface area contributed by atoms with E-state index in [4.69, 9.17) is 23.2 Å². The van der Waals surface area contributed by atoms with Crippen LogP contribution in [0.1, 0.15) is 36.0 Å². The van der Waals surface area contributed by atoms with E-state index in [0.29, 0.717) is 10.7 Å². The van der Waals surface area contributed by atoms with Crippen LogP contribution in [0.25, 0.3) is 0 Å². The highest BCUT2D eigenvalue weighted by molar-refractivity contribution is 6.34. The normalized spacial score (nSPS) is 14.1. The van der Waals surface area contributed by atoms with Crippen LogP contribution in [-0.2, 0) is 11.0 Å². The molecule has 158 valence electrons. The monoisotopic (exact) mass is 454 g/mol. The summed E-state index contributed by atoms with van der Waals surface area (Å²) in [7, 11) is 0. The van der Waals surface area contributed by atoms with Gasteiger partial charge in [0.1, 0.15) is 0 Å². The molecule has 1 saturated heterocycles. The molecule has 0 bridgehead atoms. The maximum Gasteiger partial charge on any atom is 0.416 e. The topological polar surface area (TPSA) is 32.3 Å². The van der Waals surface area contributed by atoms with Crippen molar-refractivity contribution in [1.82, 2.24) is 0 Å². The van der Waals surface area contributed by atoms with Crippen molar-refractivity contribution in [2.24, 2.45) is 0 Å². The van der Waals surface area contributed by atoms with Gasteiger partial charge in [0.15, 0.2) is 0 Å². The van der Waals surface area contributed by atoms with Crippen molar-refractivity contribution < 1.29 is 18.0 Å². The summed E-state index contributed by atoms with van der Waals surface area (Å²) in [6.07, 6.45) is -1.04. The maximum atomic E-state index is 12.7. The molecule has 3 rings (SSSR count). The summed E-state index contributed by atoms with van der Waals surface area (Å²) in [5.74, 6) is 4.24. The second-order valence-corrected chi connectivity index (χ2v) is 7.80. The molecule has 30 heavy (non-hydrogen) atoms. The minimum absolute atomic E-state index is 0.134. The fourth-order valence-corrected chi connectivity index (χ4v) is 3.77. The van der Waals surface area contributed by atoms with Crippen molar-refractivity contribution in [3.05, 3.63) is 57.1 Å². The number of nitrogens with zero attached hydrogens (tertiary/aromatic N) is 1. The number of hydrogen-bond donors (Lipinski definition) is 1. The molecule has 0 aliphatic carbocycles. The lowest BCUT2D eigenvalue weighted by atomic mass is 10.1. The number of carbonyl (C=O) groups excluding carboxylic acids is 1. The smallest absolute Gasteiger partial charge is 0.370 e. The van der Waals surface area contributed by atoms with Crippen molar-refractivity contribution in [3.8, 4) is 11.8 Å². The molecule has 0 unspecified atom stereocenters. The second kappa shape index (κ2) is 9.20. The van der Waals surface area contributed by atoms with Gasteiger partial charge in [0.2, 0.25) is 0 Å². The minimum Gasteiger partial charge on any atom is -0.370 e. The molecular formula is C22H19Cl2F3N2O. The molecular weight excluding hydrogens is 436 g/mol. The van der Waals surface area contributed by atoms with E-state index in [1.165, 1.54) is 6.42 Å². The number of nitrogens with one attached hydrogen (secondary N) is 1. The Balaban J connectivity index is 1.74. The fraction of sp³-hybridized carbons (Fsp3) is 0.318. The molecule has 1 fully saturated rings. The van der Waals surface area contributed by atoms with Gasteiger partial charge in [-0.2, -0.15) is 13.2 Å². The van der Waals surface area contributed by atoms with E-state index >= 15 is 0 Å². The first-order valence-electron chi connectivity index (χ1n) is 9.40. The molecule has 2 aromatic carbocycles. The third-order valence-electron chi connectivity index (χ3n) is 4.92. The summed E-state index contributed by atoms with van der Waals surface area (Å²) in [5, 5.41) is 3.07. The van der Waals surface area contributed by atoms with Crippen molar-refractivity contribution in [2.45, 2.75) is 32.4 Å². The summed E-state index contributed by atoms with van der Waals surface area (Å²) in [4.78, 5) is 14.4. The number of rotatable bonds is 2. The van der Waals surface area contributed by atoms with E-state index in [1.54, 1.807) is 6.07 Å². The number of alkyl halides is 3. The average Bonchev–Trinajstić information content (AvgIpc) is 2.70. The van der Waals surface area contributed by atoms with Crippen LogP contribution in [0.15, 0.2) is 30.3 Å². The number of carbonyl (C=O) groups is 1. The minimum atomic E-state index is -4.50. The molecule has 0 radical (unpaired) electrons. The molecule has 1 amide bonds. The van der Waals surface area contributed by atoms with Crippen LogP contribution in [0.4, 0.5) is 24.5 Å². The molecule has 1 aliphatic rings. The molecule has 3 nitrogen and oxygen atoms in total. The van der Waals surface area contributed by atoms with E-state index in [2.05, 4.69) is 22.1 Å². The van der Waals surface area contributed by atoms with Gasteiger partial charge in [-0.05, 0) is 62.1 Å². The Hall–Kier alpha value is -2.36. The van der Waals surface area contributed by atoms with Crippen LogP contribution in [0.5, 0.6) is 0 Å². The summed E-state index contributed by atoms with van der Waals surface area (Å²) < 4.78 is 38.1. The van der Waals surface area contributed by atoms with Crippen LogP contribution in [-0.4, -0.2) is 19.0 Å². The number of piperidine rings is 1. The van der Waals surface area contributed by atoms with Gasteiger partial charge in [0.05, 0.1) is 21.3 Å². The van der Waals surface area contributed by atoms with Crippen LogP contribution in [0, 0.1) is 18.8 Å². The molecule has 8 heteroatoms. The molecule has 0 aromatic heterocycles. The largest absolute Gasteiger partial charge is 0.416 e. The SMILES string of the molecule is Cc1c(NC(=O)C#Cc2ccc(C(F)(F)F)cc2Cl)ccc(N2CCCCC2)c1Cl. The van der Waals surface area contributed by atoms with Gasteiger partial charge in [0.25, 0.3) is 0 Å². The average molecular weight is 455 g/mol. The van der Waals surface area contributed by atoms with Crippen LogP contribution < -0.4 is 10.2 Å². The Morgan fingerprint density at radius 2 is 1.80 bits per heavy atom. The number of anilines is 2. The van der Waals surface area contributed by atoms with Crippen molar-refractivity contribution in [1.29, 1.82) is 0 Å². The lowest BCUT2D eigenvalue weighted by Gasteiger charge is -2.30. The van der Waals surface area contributed by atoms with E-state index in [1.807, 2.05) is 13.0 Å². The Morgan fingerprint density at radius 3 is 2.43 bits per heavy atom. The summed E-state index contributed by atoms with van der Waals surface area (Å²) >= 11 is 12.4. The molecule has 0 atom stereocenters. The maximum absolute atomic E-state index is 12.7. The number of amides is 1. The summed E-state index contributed by atoms with van der Waals surface area (Å²) in [6.45, 7) is 3.71. The number of benzene rings is 2. The standard InChI is InChI=1S/C22H19Cl2F3N2O/c1-14-18(8-9-19(21(14)24)29-11-3-2-4-12-29)28-20(30)10-6-15-5-7-16(13-17(15)23)22(25,26)27/h5,7-9,13H,2-4,11-12H2,1H3,(H,28,30). The molecule has 2 aromatic rings. The van der Waals surface area contributed by atoms with Crippen molar-refractivity contribution >= 4 is 40.5 Å². The Kier molecular flexibility index (Phi) is 6.84. The van der Waals surface area contributed by atoms with E-state index in [-0.39, 0.29) is 10.6 Å². The molecule has 1 heterocycles. The van der Waals surface area contributed by atoms with Gasteiger partial charge in [-0.15, -0.1) is 0 Å². The fourth-order valence-electron chi connectivity index (χ4n) is 3.26. The van der Waals surface area contributed by atoms with Gasteiger partial charge in [-0.1, -0.05) is 29.1 Å². The van der Waals surface area contributed by atoms with E-state index in [0.717, 1.165) is 55.4 Å². The van der Waals surface area contributed by atoms with Gasteiger partial charge in [-0.3, -0.25) is 4.79 Å². The zero-order chi connectivity index (χ0) is 21.9. The molecule has 1 N–H and O–H groups in total. The first kappa shape index (κ1) is 22.3. The van der Waals surface area contributed by atoms with Crippen molar-refractivity contribution in [2.75, 3.05) is 23.3 Å². The van der Waals surface area contributed by atoms with Gasteiger partial charge < -0.3 is 10.2 Å². The predicted molar refractivity (Wildman–Crippen MR) is 114 cm³/mol. The lowest BCUT2D eigenvalue weighted by Crippen LogP contribution is -2.29. The quantitative estimate of drug-likeness (QED) is 0.539. The van der Waals surface area contributed by atoms with Gasteiger partial charge in [-0.25, -0.2) is 0 Å². The zero-order valence-electron chi connectivity index (χ0n) is 16.2. The van der Waals surface area contributed by atoms with Crippen LogP contribution >= 0.6 is 23.2 Å². The van der Waals surface area contributed by atoms with Gasteiger partial charge >= 0.3 is 12.1 Å². The zero-order valence-corrected chi connectivity index (χ0v) is 17.7. The second-order valence-electron chi connectivity index (χ2n) is 7.02. The summed E-state index contributed by atoms with van der Waals surface area (Å²) in [6, 6.07) is 6.44. The highest BCUT2D eigenvalue weighted by atomic mass is 35.5. The lowest BCUT2D eigenvalue weighted by molar-refractivity contribution is -0.137. The number of hydrogen-bond acceptors (Lipinski definition) is 2. The third-order valence-corrected chi connectivity index (χ3v) is 5.71. The highest BCUT2D eigenvalue weighted by Crippen LogP contribution is 2.35. The number of halogens is 5. The molecule has 1 aliphatic heterocycles. The predicted octanol–water partition coefficient (Wildman–Crippen LogP) is 6.30. The first-order valence-corrected chi connectivity index (χ1v) is 10.2. The Labute approximate surface area is 183 Å². The Morgan fingerprint density at radius 1 is 1.10 bits per heavy atom. The van der Waals surface area contributed by atoms with Gasteiger partial charge in [0, 0.05) is 30.3 Å². The highest BCUT2D eigenvalue weighted by Gasteiger charge is 2.30. The first-order chi connectivity index (χ1) is 14.2. The molecule has 0 spiro atoms. The van der Waals surface area contributed by atoms with Crippen LogP contribution in [0.3, 0.4) is 0 Å². The molecule has 0 saturated carbocycles. The van der Waals surface area contributed by atoms with Crippen LogP contribution in [0.2, 0.25) is 10.0 Å². The van der Waals surface area contributed by atoms with E-state index in [9.17, 15) is 18.0 Å². The van der Waals surface area contributed by atoms with E-state index < -0.39 is 17.6 Å². The third kappa shape index (κ3) is 5.21. The Bertz CT molecular complexity index is 1020. The summed E-state index contributed by atoms with van der Waals surface area (Å²) in [5.41, 5.74) is 1.45. The van der Waals surface area contributed by atoms with Crippen molar-refractivity contribution in [3.63, 3.8) is 0 Å².